The molecule has 9 N–H and O–H groups in total. The number of carbonyl (C=O) groups is 1. The molecule has 1 aromatic rings. The summed E-state index contributed by atoms with van der Waals surface area (Å²) in [6, 6.07) is 5.23. The number of thiocarbonyl (C=S) groups is 1. The molecule has 0 aliphatic carbocycles. The average Bonchev–Trinajstić information content (AvgIpc) is 2.50. The van der Waals surface area contributed by atoms with E-state index in [1.165, 1.54) is 0 Å². The number of nitrogens with zero attached hydrogens (tertiary/aromatic N) is 2. The Morgan fingerprint density at radius 3 is 2.28 bits per heavy atom. The van der Waals surface area contributed by atoms with E-state index in [-0.39, 0.29) is 24.7 Å². The minimum absolute atomic E-state index is 0.0765. The van der Waals surface area contributed by atoms with Crippen LogP contribution in [0, 0.1) is 10.1 Å². The molecule has 1 atom stereocenters. The molecule has 0 heterocycles. The van der Waals surface area contributed by atoms with Gasteiger partial charge in [0.05, 0.1) is 0 Å². The molecule has 0 fully saturated rings. The number of hydrazine groups is 1. The monoisotopic (exact) mass is 372 g/mol. The molecule has 138 valence electrons. The molecule has 25 heavy (non-hydrogen) atoms. The van der Waals surface area contributed by atoms with Crippen LogP contribution in [0.5, 0.6) is 5.75 Å². The number of aromatic hydroxyl groups is 1. The van der Waals surface area contributed by atoms with Gasteiger partial charge in [-0.1, -0.05) is 12.2 Å². The molecule has 0 spiro atoms. The minimum atomic E-state index is -1.28. The lowest BCUT2D eigenvalue weighted by Gasteiger charge is -2.07. The summed E-state index contributed by atoms with van der Waals surface area (Å²) in [5.41, 5.74) is 17.8. The maximum atomic E-state index is 10.5. The van der Waals surface area contributed by atoms with Gasteiger partial charge in [-0.3, -0.25) is 4.99 Å². The molecule has 0 bridgehead atoms. The van der Waals surface area contributed by atoms with Crippen LogP contribution in [0.1, 0.15) is 18.4 Å². The van der Waals surface area contributed by atoms with Gasteiger partial charge in [0.1, 0.15) is 10.7 Å². The third kappa shape index (κ3) is 11.1. The molecule has 0 saturated carbocycles. The molecule has 0 radical (unpaired) electrons. The van der Waals surface area contributed by atoms with Gasteiger partial charge in [0.25, 0.3) is 0 Å². The van der Waals surface area contributed by atoms with Crippen molar-refractivity contribution in [3.63, 3.8) is 0 Å². The lowest BCUT2D eigenvalue weighted by atomic mass is 10.2. The summed E-state index contributed by atoms with van der Waals surface area (Å²) >= 11 is 4.70. The third-order valence-corrected chi connectivity index (χ3v) is 2.89. The van der Waals surface area contributed by atoms with Gasteiger partial charge in [-0.25, -0.2) is 14.9 Å². The summed E-state index contributed by atoms with van der Waals surface area (Å²) in [5, 5.41) is 26.6. The second kappa shape index (κ2) is 11.4. The van der Waals surface area contributed by atoms with E-state index in [0.717, 1.165) is 5.56 Å². The molecule has 0 amide bonds. The Morgan fingerprint density at radius 2 is 1.88 bits per heavy atom. The fraction of sp³-hybridized carbons (Fsp3) is 0.308. The molecule has 11 nitrogen and oxygen atoms in total. The van der Waals surface area contributed by atoms with Gasteiger partial charge in [0.2, 0.25) is 0 Å². The van der Waals surface area contributed by atoms with Gasteiger partial charge in [-0.15, -0.1) is 5.43 Å². The van der Waals surface area contributed by atoms with Crippen LogP contribution in [0.2, 0.25) is 0 Å². The van der Waals surface area contributed by atoms with E-state index in [2.05, 4.69) is 4.99 Å². The van der Waals surface area contributed by atoms with Crippen molar-refractivity contribution in [2.24, 2.45) is 22.2 Å². The van der Waals surface area contributed by atoms with Gasteiger partial charge < -0.3 is 27.4 Å². The number of hydrogen-bond donors (Lipinski definition) is 6. The zero-order valence-corrected chi connectivity index (χ0v) is 14.0. The lowest BCUT2D eigenvalue weighted by Crippen LogP contribution is -2.40. The highest BCUT2D eigenvalue weighted by molar-refractivity contribution is 7.80. The first-order valence-electron chi connectivity index (χ1n) is 6.91. The number of rotatable bonds is 8. The molecule has 12 heteroatoms. The average molecular weight is 372 g/mol. The van der Waals surface area contributed by atoms with Crippen LogP contribution in [-0.2, 0) is 4.79 Å². The summed E-state index contributed by atoms with van der Waals surface area (Å²) in [7, 11) is 0. The van der Waals surface area contributed by atoms with Crippen LogP contribution >= 0.6 is 12.2 Å². The van der Waals surface area contributed by atoms with Gasteiger partial charge in [-0.2, -0.15) is 0 Å². The number of hydrogen-bond acceptors (Lipinski definition) is 6. The summed E-state index contributed by atoms with van der Waals surface area (Å²) in [6.45, 7) is 0.242. The molecule has 0 saturated heterocycles. The van der Waals surface area contributed by atoms with Crippen molar-refractivity contribution in [3.05, 3.63) is 39.9 Å². The predicted molar refractivity (Wildman–Crippen MR) is 95.5 cm³/mol. The maximum Gasteiger partial charge on any atom is 0.332 e. The van der Waals surface area contributed by atoms with Crippen LogP contribution < -0.4 is 22.6 Å². The molecule has 0 aliphatic rings. The minimum Gasteiger partial charge on any atom is -0.508 e. The maximum absolute atomic E-state index is 10.5. The topological polar surface area (TPSA) is 203 Å². The van der Waals surface area contributed by atoms with Crippen LogP contribution in [0.25, 0.3) is 0 Å². The Balaban J connectivity index is 0.000000496. The van der Waals surface area contributed by atoms with Crippen LogP contribution in [0.15, 0.2) is 29.3 Å². The SMILES string of the molecule is NC(=S)c1ccc(O)cc1.NC(N)=NCCC[C@H](N[N+](=O)[O-])C(=O)O. The first-order valence-corrected chi connectivity index (χ1v) is 7.32. The molecule has 0 aliphatic heterocycles. The molecule has 1 rings (SSSR count). The molecular formula is C13H20N6O5S. The molecule has 0 aromatic heterocycles. The van der Waals surface area contributed by atoms with E-state index in [4.69, 9.17) is 39.6 Å². The smallest absolute Gasteiger partial charge is 0.332 e. The van der Waals surface area contributed by atoms with Crippen molar-refractivity contribution in [2.75, 3.05) is 6.54 Å². The number of carboxylic acid groups (broad SMARTS) is 1. The van der Waals surface area contributed by atoms with Crippen LogP contribution in [0.3, 0.4) is 0 Å². The summed E-state index contributed by atoms with van der Waals surface area (Å²) in [4.78, 5) is 24.5. The fourth-order valence-corrected chi connectivity index (χ4v) is 1.64. The van der Waals surface area contributed by atoms with Crippen molar-refractivity contribution in [1.82, 2.24) is 5.43 Å². The standard InChI is InChI=1S/C7H7NOS.C6H13N5O4/c8-7(10)5-1-3-6(9)4-2-5;7-6(8)9-3-1-2-4(5(12)13)10-11(14)15/h1-4,9H,(H2,8,10);4,10H,1-3H2,(H,12,13)(H4,7,8,9)/t;4-/m.0/s1. The fourth-order valence-electron chi connectivity index (χ4n) is 1.50. The number of phenolic OH excluding ortho intramolecular Hbond substituents is 1. The second-order valence-corrected chi connectivity index (χ2v) is 5.08. The first-order chi connectivity index (χ1) is 11.6. The number of guanidine groups is 1. The predicted octanol–water partition coefficient (Wildman–Crippen LogP) is -0.699. The molecular weight excluding hydrogens is 352 g/mol. The molecule has 1 aromatic carbocycles. The van der Waals surface area contributed by atoms with Crippen LogP contribution in [0.4, 0.5) is 0 Å². The zero-order valence-electron chi connectivity index (χ0n) is 13.2. The Labute approximate surface area is 148 Å². The van der Waals surface area contributed by atoms with Crippen molar-refractivity contribution < 1.29 is 20.0 Å². The number of benzene rings is 1. The normalized spacial score (nSPS) is 10.6. The number of nitrogens with one attached hydrogen (secondary N) is 1. The van der Waals surface area contributed by atoms with Gasteiger partial charge in [0, 0.05) is 12.1 Å². The van der Waals surface area contributed by atoms with E-state index < -0.39 is 17.0 Å². The third-order valence-electron chi connectivity index (χ3n) is 2.66. The van der Waals surface area contributed by atoms with Gasteiger partial charge in [-0.05, 0) is 37.1 Å². The van der Waals surface area contributed by atoms with Crippen LogP contribution in [-0.4, -0.2) is 44.7 Å². The highest BCUT2D eigenvalue weighted by atomic mass is 32.1. The number of nitro groups is 1. The zero-order chi connectivity index (χ0) is 19.4. The Kier molecular flexibility index (Phi) is 9.96. The second-order valence-electron chi connectivity index (χ2n) is 4.64. The van der Waals surface area contributed by atoms with Crippen molar-refractivity contribution >= 4 is 29.1 Å². The largest absolute Gasteiger partial charge is 0.508 e. The van der Waals surface area contributed by atoms with Gasteiger partial charge >= 0.3 is 5.97 Å². The van der Waals surface area contributed by atoms with Gasteiger partial charge in [0.15, 0.2) is 17.0 Å². The summed E-state index contributed by atoms with van der Waals surface area (Å²) in [6.07, 6.45) is 0.419. The van der Waals surface area contributed by atoms with Crippen molar-refractivity contribution in [2.45, 2.75) is 18.9 Å². The number of phenols is 1. The summed E-state index contributed by atoms with van der Waals surface area (Å²) < 4.78 is 0. The number of nitrogens with two attached hydrogens (primary N) is 3. The lowest BCUT2D eigenvalue weighted by molar-refractivity contribution is -0.549. The van der Waals surface area contributed by atoms with E-state index in [9.17, 15) is 14.9 Å². The van der Waals surface area contributed by atoms with E-state index in [1.807, 2.05) is 0 Å². The Morgan fingerprint density at radius 1 is 1.32 bits per heavy atom. The van der Waals surface area contributed by atoms with E-state index in [1.54, 1.807) is 29.7 Å². The number of aliphatic imine (C=N–C) groups is 1. The first kappa shape index (κ1) is 21.9. The highest BCUT2D eigenvalue weighted by Crippen LogP contribution is 2.08. The van der Waals surface area contributed by atoms with Crippen molar-refractivity contribution in [1.29, 1.82) is 0 Å². The number of carboxylic acids is 1. The Bertz CT molecular complexity index is 618. The Hall–Kier alpha value is -3.15. The quantitative estimate of drug-likeness (QED) is 0.0845. The van der Waals surface area contributed by atoms with E-state index >= 15 is 0 Å². The van der Waals surface area contributed by atoms with E-state index in [0.29, 0.717) is 11.4 Å². The summed E-state index contributed by atoms with van der Waals surface area (Å²) in [5.74, 6) is -1.15. The number of aliphatic carboxylic acids is 1. The van der Waals surface area contributed by atoms with Crippen molar-refractivity contribution in [3.8, 4) is 5.75 Å². The molecule has 0 unspecified atom stereocenters. The highest BCUT2D eigenvalue weighted by Gasteiger charge is 2.21.